The van der Waals surface area contributed by atoms with Gasteiger partial charge >= 0.3 is 0 Å². The van der Waals surface area contributed by atoms with Gasteiger partial charge in [-0.3, -0.25) is 9.80 Å². The fourth-order valence-electron chi connectivity index (χ4n) is 4.73. The van der Waals surface area contributed by atoms with Gasteiger partial charge in [0.15, 0.2) is 0 Å². The summed E-state index contributed by atoms with van der Waals surface area (Å²) in [6, 6.07) is 15.9. The van der Waals surface area contributed by atoms with Crippen molar-refractivity contribution in [3.05, 3.63) is 65.2 Å². The van der Waals surface area contributed by atoms with E-state index in [1.165, 1.54) is 11.1 Å². The number of hydrogen-bond acceptors (Lipinski definition) is 3. The van der Waals surface area contributed by atoms with Crippen LogP contribution >= 0.6 is 0 Å². The number of methoxy groups -OCH3 is 1. The number of nitrogens with zero attached hydrogens (tertiary/aromatic N) is 2. The second kappa shape index (κ2) is 8.41. The zero-order valence-electron chi connectivity index (χ0n) is 17.3. The van der Waals surface area contributed by atoms with Gasteiger partial charge in [0.1, 0.15) is 5.75 Å². The molecule has 0 saturated carbocycles. The Morgan fingerprint density at radius 1 is 1.00 bits per heavy atom. The predicted octanol–water partition coefficient (Wildman–Crippen LogP) is 4.70. The van der Waals surface area contributed by atoms with E-state index in [0.29, 0.717) is 17.7 Å². The van der Waals surface area contributed by atoms with Crippen LogP contribution in [-0.2, 0) is 6.54 Å². The summed E-state index contributed by atoms with van der Waals surface area (Å²) >= 11 is 0. The zero-order chi connectivity index (χ0) is 20.4. The first kappa shape index (κ1) is 20.3. The van der Waals surface area contributed by atoms with Gasteiger partial charge in [-0.15, -0.1) is 0 Å². The number of rotatable bonds is 5. The molecule has 0 aliphatic carbocycles. The first-order chi connectivity index (χ1) is 13.9. The van der Waals surface area contributed by atoms with Gasteiger partial charge in [0.25, 0.3) is 5.92 Å². The summed E-state index contributed by atoms with van der Waals surface area (Å²) in [4.78, 5) is 4.41. The minimum Gasteiger partial charge on any atom is -0.497 e. The van der Waals surface area contributed by atoms with Crippen LogP contribution in [0.15, 0.2) is 48.5 Å². The molecule has 2 saturated heterocycles. The van der Waals surface area contributed by atoms with Crippen LogP contribution < -0.4 is 4.74 Å². The molecule has 3 nitrogen and oxygen atoms in total. The van der Waals surface area contributed by atoms with Crippen molar-refractivity contribution in [3.63, 3.8) is 0 Å². The lowest BCUT2D eigenvalue weighted by atomic mass is 9.85. The smallest absolute Gasteiger partial charge is 0.267 e. The molecule has 2 aliphatic heterocycles. The van der Waals surface area contributed by atoms with E-state index >= 15 is 8.78 Å². The summed E-state index contributed by atoms with van der Waals surface area (Å²) in [7, 11) is 1.59. The van der Waals surface area contributed by atoms with E-state index in [-0.39, 0.29) is 12.6 Å². The average molecular weight is 401 g/mol. The molecule has 2 heterocycles. The van der Waals surface area contributed by atoms with Crippen molar-refractivity contribution >= 4 is 0 Å². The SMILES string of the molecule is COc1ccc(C2CCN(C3CCN(Cc4ccc(C)cc4)C3)CC2(F)F)cc1. The Hall–Kier alpha value is -1.98. The van der Waals surface area contributed by atoms with Gasteiger partial charge in [0.2, 0.25) is 0 Å². The minimum absolute atomic E-state index is 0.146. The highest BCUT2D eigenvalue weighted by molar-refractivity contribution is 5.31. The summed E-state index contributed by atoms with van der Waals surface area (Å²) in [5.74, 6) is -2.72. The lowest BCUT2D eigenvalue weighted by molar-refractivity contribution is -0.0917. The molecular formula is C24H30F2N2O. The summed E-state index contributed by atoms with van der Waals surface area (Å²) in [5, 5.41) is 0. The molecule has 29 heavy (non-hydrogen) atoms. The van der Waals surface area contributed by atoms with Crippen LogP contribution in [-0.4, -0.2) is 55.1 Å². The van der Waals surface area contributed by atoms with Crippen LogP contribution in [0.2, 0.25) is 0 Å². The Kier molecular flexibility index (Phi) is 5.88. The Balaban J connectivity index is 1.35. The molecule has 2 fully saturated rings. The molecule has 0 bridgehead atoms. The van der Waals surface area contributed by atoms with Crippen LogP contribution in [0.1, 0.15) is 35.4 Å². The molecular weight excluding hydrogens is 370 g/mol. The van der Waals surface area contributed by atoms with Gasteiger partial charge < -0.3 is 4.74 Å². The molecule has 0 radical (unpaired) electrons. The van der Waals surface area contributed by atoms with E-state index in [1.54, 1.807) is 31.4 Å². The van der Waals surface area contributed by atoms with Crippen molar-refractivity contribution in [2.75, 3.05) is 33.3 Å². The molecule has 5 heteroatoms. The van der Waals surface area contributed by atoms with Crippen molar-refractivity contribution in [1.29, 1.82) is 0 Å². The van der Waals surface area contributed by atoms with Crippen molar-refractivity contribution in [1.82, 2.24) is 9.80 Å². The van der Waals surface area contributed by atoms with E-state index in [4.69, 9.17) is 4.74 Å². The van der Waals surface area contributed by atoms with Crippen LogP contribution in [0.3, 0.4) is 0 Å². The number of halogens is 2. The summed E-state index contributed by atoms with van der Waals surface area (Å²) < 4.78 is 35.2. The number of ether oxygens (including phenoxy) is 1. The number of aryl methyl sites for hydroxylation is 1. The normalized spacial score (nSPS) is 25.2. The lowest BCUT2D eigenvalue weighted by Gasteiger charge is -2.41. The maximum Gasteiger partial charge on any atom is 0.267 e. The average Bonchev–Trinajstić information content (AvgIpc) is 3.18. The Morgan fingerprint density at radius 2 is 1.72 bits per heavy atom. The van der Waals surface area contributed by atoms with Crippen LogP contribution in [0.5, 0.6) is 5.75 Å². The van der Waals surface area contributed by atoms with E-state index in [2.05, 4.69) is 36.1 Å². The minimum atomic E-state index is -2.71. The molecule has 156 valence electrons. The van der Waals surface area contributed by atoms with E-state index < -0.39 is 11.8 Å². The number of benzene rings is 2. The third kappa shape index (κ3) is 4.62. The monoisotopic (exact) mass is 400 g/mol. The number of hydrogen-bond donors (Lipinski definition) is 0. The van der Waals surface area contributed by atoms with Gasteiger partial charge in [0, 0.05) is 25.7 Å². The first-order valence-corrected chi connectivity index (χ1v) is 10.5. The first-order valence-electron chi connectivity index (χ1n) is 10.5. The standard InChI is InChI=1S/C24H30F2N2O/c1-18-3-5-19(6-4-18)15-27-13-11-21(16-27)28-14-12-23(24(25,26)17-28)20-7-9-22(29-2)10-8-20/h3-10,21,23H,11-17H2,1-2H3. The highest BCUT2D eigenvalue weighted by atomic mass is 19.3. The molecule has 2 aromatic rings. The molecule has 0 spiro atoms. The number of alkyl halides is 2. The van der Waals surface area contributed by atoms with Crippen LogP contribution in [0.25, 0.3) is 0 Å². The molecule has 2 unspecified atom stereocenters. The second-order valence-corrected chi connectivity index (χ2v) is 8.51. The Bertz CT molecular complexity index is 807. The summed E-state index contributed by atoms with van der Waals surface area (Å²) in [6.07, 6.45) is 1.46. The maximum absolute atomic E-state index is 15.0. The van der Waals surface area contributed by atoms with Crippen molar-refractivity contribution < 1.29 is 13.5 Å². The van der Waals surface area contributed by atoms with Gasteiger partial charge in [-0.25, -0.2) is 8.78 Å². The highest BCUT2D eigenvalue weighted by Crippen LogP contribution is 2.41. The lowest BCUT2D eigenvalue weighted by Crippen LogP contribution is -2.51. The number of piperidine rings is 1. The molecule has 2 aliphatic rings. The van der Waals surface area contributed by atoms with Crippen molar-refractivity contribution in [2.45, 2.75) is 44.2 Å². The van der Waals surface area contributed by atoms with E-state index in [0.717, 1.165) is 32.6 Å². The van der Waals surface area contributed by atoms with Gasteiger partial charge in [-0.1, -0.05) is 42.0 Å². The fraction of sp³-hybridized carbons (Fsp3) is 0.500. The van der Waals surface area contributed by atoms with Crippen molar-refractivity contribution in [3.8, 4) is 5.75 Å². The Labute approximate surface area is 172 Å². The van der Waals surface area contributed by atoms with Gasteiger partial charge in [-0.05, 0) is 49.6 Å². The molecule has 0 aromatic heterocycles. The summed E-state index contributed by atoms with van der Waals surface area (Å²) in [5.41, 5.74) is 3.26. The maximum atomic E-state index is 15.0. The van der Waals surface area contributed by atoms with E-state index in [1.807, 2.05) is 4.90 Å². The Morgan fingerprint density at radius 3 is 2.38 bits per heavy atom. The third-order valence-electron chi connectivity index (χ3n) is 6.44. The number of likely N-dealkylation sites (tertiary alicyclic amines) is 2. The van der Waals surface area contributed by atoms with Crippen LogP contribution in [0, 0.1) is 6.92 Å². The van der Waals surface area contributed by atoms with Gasteiger partial charge in [-0.2, -0.15) is 0 Å². The highest BCUT2D eigenvalue weighted by Gasteiger charge is 2.47. The molecule has 0 amide bonds. The quantitative estimate of drug-likeness (QED) is 0.723. The predicted molar refractivity (Wildman–Crippen MR) is 112 cm³/mol. The van der Waals surface area contributed by atoms with Crippen molar-refractivity contribution in [2.24, 2.45) is 0 Å². The molecule has 2 atom stereocenters. The van der Waals surface area contributed by atoms with Crippen LogP contribution in [0.4, 0.5) is 8.78 Å². The summed E-state index contributed by atoms with van der Waals surface area (Å²) in [6.45, 7) is 5.42. The third-order valence-corrected chi connectivity index (χ3v) is 6.44. The zero-order valence-corrected chi connectivity index (χ0v) is 17.3. The van der Waals surface area contributed by atoms with Gasteiger partial charge in [0.05, 0.1) is 19.6 Å². The van der Waals surface area contributed by atoms with E-state index in [9.17, 15) is 0 Å². The fourth-order valence-corrected chi connectivity index (χ4v) is 4.73. The second-order valence-electron chi connectivity index (χ2n) is 8.51. The molecule has 0 N–H and O–H groups in total. The molecule has 4 rings (SSSR count). The largest absolute Gasteiger partial charge is 0.497 e. The molecule has 2 aromatic carbocycles. The topological polar surface area (TPSA) is 15.7 Å².